The SMILES string of the molecule is CCN(CC)C(=O)C1(S(=O)(=O)c2c(C)cc(C)cc2C)N=CNN1. The first-order valence-corrected chi connectivity index (χ1v) is 9.37. The fourth-order valence-electron chi connectivity index (χ4n) is 3.11. The number of aliphatic imine (C=N–C) groups is 1. The summed E-state index contributed by atoms with van der Waals surface area (Å²) in [5.74, 6) is -0.590. The summed E-state index contributed by atoms with van der Waals surface area (Å²) in [7, 11) is -4.11. The number of nitrogens with zero attached hydrogens (tertiary/aromatic N) is 2. The first-order chi connectivity index (χ1) is 11.2. The van der Waals surface area contributed by atoms with Gasteiger partial charge in [-0.1, -0.05) is 17.7 Å². The number of amides is 1. The van der Waals surface area contributed by atoms with Crippen molar-refractivity contribution in [2.45, 2.75) is 44.5 Å². The highest BCUT2D eigenvalue weighted by Gasteiger charge is 2.55. The zero-order valence-electron chi connectivity index (χ0n) is 14.7. The van der Waals surface area contributed by atoms with Crippen molar-refractivity contribution >= 4 is 22.1 Å². The minimum atomic E-state index is -4.11. The number of nitrogens with one attached hydrogen (secondary N) is 2. The van der Waals surface area contributed by atoms with Crippen molar-refractivity contribution in [2.24, 2.45) is 4.99 Å². The molecule has 1 aromatic rings. The average molecular weight is 352 g/mol. The molecule has 1 aliphatic heterocycles. The lowest BCUT2D eigenvalue weighted by Crippen LogP contribution is -2.61. The normalized spacial score (nSPS) is 20.0. The van der Waals surface area contributed by atoms with Gasteiger partial charge in [-0.2, -0.15) is 5.43 Å². The van der Waals surface area contributed by atoms with E-state index in [2.05, 4.69) is 15.8 Å². The number of carbonyl (C=O) groups excluding carboxylic acids is 1. The molecule has 1 unspecified atom stereocenters. The first kappa shape index (κ1) is 18.4. The highest BCUT2D eigenvalue weighted by Crippen LogP contribution is 2.33. The molecule has 1 atom stereocenters. The lowest BCUT2D eigenvalue weighted by atomic mass is 10.1. The van der Waals surface area contributed by atoms with Crippen LogP contribution in [0, 0.1) is 20.8 Å². The first-order valence-electron chi connectivity index (χ1n) is 7.89. The summed E-state index contributed by atoms with van der Waals surface area (Å²) >= 11 is 0. The Kier molecular flexibility index (Phi) is 5.00. The average Bonchev–Trinajstić information content (AvgIpc) is 2.98. The Labute approximate surface area is 143 Å². The highest BCUT2D eigenvalue weighted by molar-refractivity contribution is 7.93. The fraction of sp³-hybridized carbons (Fsp3) is 0.500. The zero-order valence-corrected chi connectivity index (χ0v) is 15.5. The molecule has 0 radical (unpaired) electrons. The van der Waals surface area contributed by atoms with Gasteiger partial charge in [-0.3, -0.25) is 4.79 Å². The summed E-state index contributed by atoms with van der Waals surface area (Å²) in [4.78, 5) is 16.5. The molecule has 2 rings (SSSR count). The predicted molar refractivity (Wildman–Crippen MR) is 93.3 cm³/mol. The lowest BCUT2D eigenvalue weighted by Gasteiger charge is -2.31. The Hall–Kier alpha value is -1.93. The van der Waals surface area contributed by atoms with Gasteiger partial charge < -0.3 is 10.3 Å². The molecule has 1 amide bonds. The van der Waals surface area contributed by atoms with Gasteiger partial charge in [0.05, 0.1) is 4.90 Å². The second-order valence-electron chi connectivity index (χ2n) is 5.88. The molecular weight excluding hydrogens is 328 g/mol. The summed E-state index contributed by atoms with van der Waals surface area (Å²) in [6, 6.07) is 3.59. The van der Waals surface area contributed by atoms with Gasteiger partial charge in [-0.25, -0.2) is 13.4 Å². The second-order valence-corrected chi connectivity index (χ2v) is 7.89. The van der Waals surface area contributed by atoms with Gasteiger partial charge in [-0.05, 0) is 45.7 Å². The molecular formula is C16H24N4O3S. The number of sulfone groups is 1. The van der Waals surface area contributed by atoms with E-state index in [4.69, 9.17) is 0 Å². The summed E-state index contributed by atoms with van der Waals surface area (Å²) in [5.41, 5.74) is 7.30. The second kappa shape index (κ2) is 6.52. The number of likely N-dealkylation sites (N-methyl/N-ethyl adjacent to an activating group) is 1. The third-order valence-electron chi connectivity index (χ3n) is 4.16. The molecule has 0 aliphatic carbocycles. The molecule has 8 heteroatoms. The monoisotopic (exact) mass is 352 g/mol. The molecule has 2 N–H and O–H groups in total. The molecule has 24 heavy (non-hydrogen) atoms. The van der Waals surface area contributed by atoms with E-state index in [1.807, 2.05) is 6.92 Å². The van der Waals surface area contributed by atoms with Crippen molar-refractivity contribution in [3.63, 3.8) is 0 Å². The van der Waals surface area contributed by atoms with Crippen LogP contribution in [-0.2, 0) is 14.6 Å². The lowest BCUT2D eigenvalue weighted by molar-refractivity contribution is -0.134. The summed E-state index contributed by atoms with van der Waals surface area (Å²) in [6.07, 6.45) is 1.21. The molecule has 1 aliphatic rings. The minimum absolute atomic E-state index is 0.141. The van der Waals surface area contributed by atoms with Crippen molar-refractivity contribution in [1.82, 2.24) is 15.8 Å². The maximum Gasteiger partial charge on any atom is 0.315 e. The molecule has 7 nitrogen and oxygen atoms in total. The van der Waals surface area contributed by atoms with E-state index in [1.165, 1.54) is 11.2 Å². The van der Waals surface area contributed by atoms with Crippen molar-refractivity contribution in [2.75, 3.05) is 13.1 Å². The number of aryl methyl sites for hydroxylation is 3. The van der Waals surface area contributed by atoms with Gasteiger partial charge in [0.15, 0.2) is 0 Å². The summed E-state index contributed by atoms with van der Waals surface area (Å²) in [5, 5.41) is 0. The number of hydrogen-bond donors (Lipinski definition) is 2. The molecule has 132 valence electrons. The zero-order chi connectivity index (χ0) is 18.1. The molecule has 1 aromatic carbocycles. The van der Waals surface area contributed by atoms with E-state index in [0.29, 0.717) is 24.2 Å². The van der Waals surface area contributed by atoms with Crippen LogP contribution in [0.4, 0.5) is 0 Å². The van der Waals surface area contributed by atoms with E-state index < -0.39 is 20.7 Å². The van der Waals surface area contributed by atoms with Crippen LogP contribution in [0.5, 0.6) is 0 Å². The van der Waals surface area contributed by atoms with Crippen molar-refractivity contribution in [1.29, 1.82) is 0 Å². The molecule has 0 spiro atoms. The third-order valence-corrected chi connectivity index (χ3v) is 6.50. The van der Waals surface area contributed by atoms with Crippen LogP contribution < -0.4 is 10.9 Å². The van der Waals surface area contributed by atoms with E-state index in [0.717, 1.165) is 5.56 Å². The van der Waals surface area contributed by atoms with Crippen LogP contribution in [0.1, 0.15) is 30.5 Å². The third kappa shape index (κ3) is 2.69. The van der Waals surface area contributed by atoms with E-state index in [9.17, 15) is 13.2 Å². The van der Waals surface area contributed by atoms with Crippen LogP contribution in [0.15, 0.2) is 22.0 Å². The number of hydrazine groups is 1. The molecule has 0 aromatic heterocycles. The summed E-state index contributed by atoms with van der Waals surface area (Å²) < 4.78 is 26.8. The van der Waals surface area contributed by atoms with E-state index in [-0.39, 0.29) is 4.90 Å². The van der Waals surface area contributed by atoms with Gasteiger partial charge >= 0.3 is 4.99 Å². The standard InChI is InChI=1S/C16H24N4O3S/c1-6-20(7-2)15(21)16(17-10-18-19-16)24(22,23)14-12(4)8-11(3)9-13(14)5/h8-10,19H,6-7H2,1-5H3,(H,17,18). The van der Waals surface area contributed by atoms with Gasteiger partial charge in [0.25, 0.3) is 5.91 Å². The molecule has 1 heterocycles. The minimum Gasteiger partial charge on any atom is -0.339 e. The Morgan fingerprint density at radius 3 is 2.12 bits per heavy atom. The van der Waals surface area contributed by atoms with Gasteiger partial charge in [0.2, 0.25) is 9.84 Å². The van der Waals surface area contributed by atoms with Crippen molar-refractivity contribution in [3.05, 3.63) is 28.8 Å². The van der Waals surface area contributed by atoms with Crippen LogP contribution in [0.3, 0.4) is 0 Å². The molecule has 0 saturated carbocycles. The molecule has 0 bridgehead atoms. The Morgan fingerprint density at radius 2 is 1.71 bits per heavy atom. The number of hydrogen-bond acceptors (Lipinski definition) is 6. The van der Waals surface area contributed by atoms with Crippen LogP contribution in [-0.4, -0.2) is 43.6 Å². The van der Waals surface area contributed by atoms with Crippen LogP contribution in [0.2, 0.25) is 0 Å². The largest absolute Gasteiger partial charge is 0.339 e. The smallest absolute Gasteiger partial charge is 0.315 e. The Balaban J connectivity index is 2.68. The number of benzene rings is 1. The van der Waals surface area contributed by atoms with Gasteiger partial charge in [-0.15, -0.1) is 0 Å². The Morgan fingerprint density at radius 1 is 1.17 bits per heavy atom. The molecule has 0 fully saturated rings. The summed E-state index contributed by atoms with van der Waals surface area (Å²) in [6.45, 7) is 9.77. The van der Waals surface area contributed by atoms with Gasteiger partial charge in [0.1, 0.15) is 6.34 Å². The quantitative estimate of drug-likeness (QED) is 0.826. The number of rotatable bonds is 5. The van der Waals surface area contributed by atoms with E-state index in [1.54, 1.807) is 39.8 Å². The predicted octanol–water partition coefficient (Wildman–Crippen LogP) is 1.04. The maximum atomic E-state index is 13.4. The number of carbonyl (C=O) groups is 1. The van der Waals surface area contributed by atoms with Gasteiger partial charge in [0, 0.05) is 13.1 Å². The Bertz CT molecular complexity index is 762. The topological polar surface area (TPSA) is 90.9 Å². The van der Waals surface area contributed by atoms with E-state index >= 15 is 0 Å². The fourth-order valence-corrected chi connectivity index (χ4v) is 5.11. The molecule has 0 saturated heterocycles. The van der Waals surface area contributed by atoms with Crippen molar-refractivity contribution < 1.29 is 13.2 Å². The van der Waals surface area contributed by atoms with Crippen LogP contribution >= 0.6 is 0 Å². The van der Waals surface area contributed by atoms with Crippen LogP contribution in [0.25, 0.3) is 0 Å². The maximum absolute atomic E-state index is 13.4. The highest BCUT2D eigenvalue weighted by atomic mass is 32.2. The van der Waals surface area contributed by atoms with Crippen molar-refractivity contribution in [3.8, 4) is 0 Å².